The Balaban J connectivity index is 2.23. The number of hydrogen-bond donors (Lipinski definition) is 2. The van der Waals surface area contributed by atoms with Gasteiger partial charge in [-0.05, 0) is 6.07 Å². The molecule has 2 rings (SSSR count). The third-order valence-electron chi connectivity index (χ3n) is 2.50. The number of carboxylic acids is 1. The monoisotopic (exact) mass is 283 g/mol. The largest absolute Gasteiger partial charge is 0.481 e. The summed E-state index contributed by atoms with van der Waals surface area (Å²) in [5.41, 5.74) is 0.909. The lowest BCUT2D eigenvalue weighted by Gasteiger charge is -2.08. The van der Waals surface area contributed by atoms with Gasteiger partial charge in [0, 0.05) is 13.2 Å². The number of carbonyl (C=O) groups is 1. The molecule has 2 N–H and O–H groups in total. The molecule has 0 aliphatic carbocycles. The smallest absolute Gasteiger partial charge is 0.313 e. The number of thioether (sulfide) groups is 1. The van der Waals surface area contributed by atoms with E-state index in [2.05, 4.69) is 15.3 Å². The van der Waals surface area contributed by atoms with Crippen molar-refractivity contribution in [2.24, 2.45) is 7.05 Å². The quantitative estimate of drug-likeness (QED) is 0.703. The van der Waals surface area contributed by atoms with Gasteiger partial charge in [-0.1, -0.05) is 11.8 Å². The van der Waals surface area contributed by atoms with Crippen molar-refractivity contribution in [3.05, 3.63) is 23.8 Å². The number of carboxylic acid groups (broad SMARTS) is 1. The van der Waals surface area contributed by atoms with Gasteiger partial charge in [0.2, 0.25) is 0 Å². The summed E-state index contributed by atoms with van der Waals surface area (Å²) in [5.74, 6) is -0.630. The normalized spacial score (nSPS) is 10.8. The second-order valence-electron chi connectivity index (χ2n) is 3.77. The molecule has 0 aliphatic rings. The number of aryl methyl sites for hydroxylation is 1. The van der Waals surface area contributed by atoms with Gasteiger partial charge >= 0.3 is 5.97 Å². The molecule has 0 saturated carbocycles. The predicted octanol–water partition coefficient (Wildman–Crippen LogP) is -0.271. The minimum atomic E-state index is -0.925. The molecule has 9 heteroatoms. The van der Waals surface area contributed by atoms with Gasteiger partial charge in [-0.2, -0.15) is 5.10 Å². The Morgan fingerprint density at radius 3 is 2.84 bits per heavy atom. The van der Waals surface area contributed by atoms with Gasteiger partial charge < -0.3 is 10.2 Å². The third-order valence-corrected chi connectivity index (χ3v) is 3.45. The minimum absolute atomic E-state index is 0.102. The standard InChI is InChI=1S/C10H13N5O3S/c1-14-7(2-3-11-14)4-15-8(5-16)12-13-10(15)19-6-9(17)18/h2-3,16H,4-6H2,1H3,(H,17,18). The first-order valence-electron chi connectivity index (χ1n) is 5.46. The molecular weight excluding hydrogens is 270 g/mol. The van der Waals surface area contributed by atoms with E-state index in [1.54, 1.807) is 15.4 Å². The van der Waals surface area contributed by atoms with Crippen molar-refractivity contribution in [3.63, 3.8) is 0 Å². The highest BCUT2D eigenvalue weighted by Gasteiger charge is 2.14. The van der Waals surface area contributed by atoms with Crippen LogP contribution in [0.5, 0.6) is 0 Å². The Bertz CT molecular complexity index is 579. The van der Waals surface area contributed by atoms with E-state index in [0.29, 0.717) is 17.5 Å². The first kappa shape index (κ1) is 13.6. The Morgan fingerprint density at radius 2 is 2.26 bits per heavy atom. The number of nitrogens with zero attached hydrogens (tertiary/aromatic N) is 5. The van der Waals surface area contributed by atoms with Gasteiger partial charge in [-0.15, -0.1) is 10.2 Å². The molecular formula is C10H13N5O3S. The van der Waals surface area contributed by atoms with Gasteiger partial charge in [0.1, 0.15) is 6.61 Å². The fraction of sp³-hybridized carbons (Fsp3) is 0.400. The molecule has 19 heavy (non-hydrogen) atoms. The highest BCUT2D eigenvalue weighted by Crippen LogP contribution is 2.18. The molecule has 2 aromatic rings. The van der Waals surface area contributed by atoms with Crippen LogP contribution >= 0.6 is 11.8 Å². The fourth-order valence-electron chi connectivity index (χ4n) is 1.55. The van der Waals surface area contributed by atoms with E-state index in [1.807, 2.05) is 13.1 Å². The Kier molecular flexibility index (Phi) is 4.17. The molecule has 0 aromatic carbocycles. The van der Waals surface area contributed by atoms with Crippen LogP contribution in [0.2, 0.25) is 0 Å². The van der Waals surface area contributed by atoms with Gasteiger partial charge in [-0.25, -0.2) is 0 Å². The van der Waals surface area contributed by atoms with Crippen LogP contribution in [-0.2, 0) is 25.0 Å². The van der Waals surface area contributed by atoms with E-state index in [-0.39, 0.29) is 12.4 Å². The number of aliphatic carboxylic acids is 1. The Labute approximate surface area is 113 Å². The maximum absolute atomic E-state index is 10.6. The van der Waals surface area contributed by atoms with Crippen LogP contribution in [0.15, 0.2) is 17.4 Å². The molecule has 0 aliphatic heterocycles. The van der Waals surface area contributed by atoms with E-state index in [9.17, 15) is 9.90 Å². The van der Waals surface area contributed by atoms with Crippen molar-refractivity contribution < 1.29 is 15.0 Å². The van der Waals surface area contributed by atoms with Crippen LogP contribution in [-0.4, -0.2) is 46.5 Å². The minimum Gasteiger partial charge on any atom is -0.481 e. The van der Waals surface area contributed by atoms with Crippen molar-refractivity contribution in [2.75, 3.05) is 5.75 Å². The van der Waals surface area contributed by atoms with E-state index in [4.69, 9.17) is 5.11 Å². The number of aromatic nitrogens is 5. The molecule has 8 nitrogen and oxygen atoms in total. The number of hydrogen-bond acceptors (Lipinski definition) is 6. The molecule has 0 bridgehead atoms. The van der Waals surface area contributed by atoms with E-state index in [0.717, 1.165) is 17.5 Å². The van der Waals surface area contributed by atoms with Crippen molar-refractivity contribution >= 4 is 17.7 Å². The van der Waals surface area contributed by atoms with Gasteiger partial charge in [0.15, 0.2) is 11.0 Å². The molecule has 2 aromatic heterocycles. The highest BCUT2D eigenvalue weighted by atomic mass is 32.2. The lowest BCUT2D eigenvalue weighted by molar-refractivity contribution is -0.133. The molecule has 2 heterocycles. The topological polar surface area (TPSA) is 106 Å². The summed E-state index contributed by atoms with van der Waals surface area (Å²) in [6.07, 6.45) is 1.67. The molecule has 0 spiro atoms. The summed E-state index contributed by atoms with van der Waals surface area (Å²) in [6, 6.07) is 1.84. The summed E-state index contributed by atoms with van der Waals surface area (Å²) in [7, 11) is 1.81. The zero-order valence-electron chi connectivity index (χ0n) is 10.2. The molecule has 0 amide bonds. The fourth-order valence-corrected chi connectivity index (χ4v) is 2.22. The second-order valence-corrected chi connectivity index (χ2v) is 4.71. The van der Waals surface area contributed by atoms with Gasteiger partial charge in [0.05, 0.1) is 18.0 Å². The highest BCUT2D eigenvalue weighted by molar-refractivity contribution is 7.99. The lowest BCUT2D eigenvalue weighted by atomic mass is 10.4. The Morgan fingerprint density at radius 1 is 1.47 bits per heavy atom. The van der Waals surface area contributed by atoms with Crippen molar-refractivity contribution in [1.82, 2.24) is 24.5 Å². The van der Waals surface area contributed by atoms with Crippen LogP contribution in [0.25, 0.3) is 0 Å². The van der Waals surface area contributed by atoms with Crippen LogP contribution in [0.3, 0.4) is 0 Å². The van der Waals surface area contributed by atoms with Crippen LogP contribution in [0.4, 0.5) is 0 Å². The first-order valence-corrected chi connectivity index (χ1v) is 6.44. The van der Waals surface area contributed by atoms with Crippen LogP contribution in [0, 0.1) is 0 Å². The van der Waals surface area contributed by atoms with E-state index in [1.165, 1.54) is 0 Å². The van der Waals surface area contributed by atoms with Crippen molar-refractivity contribution in [1.29, 1.82) is 0 Å². The van der Waals surface area contributed by atoms with Crippen LogP contribution in [0.1, 0.15) is 11.5 Å². The van der Waals surface area contributed by atoms with Crippen molar-refractivity contribution in [2.45, 2.75) is 18.3 Å². The third kappa shape index (κ3) is 3.12. The zero-order valence-corrected chi connectivity index (χ0v) is 11.0. The summed E-state index contributed by atoms with van der Waals surface area (Å²) >= 11 is 1.07. The van der Waals surface area contributed by atoms with E-state index >= 15 is 0 Å². The summed E-state index contributed by atoms with van der Waals surface area (Å²) in [5, 5.41) is 30.2. The van der Waals surface area contributed by atoms with E-state index < -0.39 is 5.97 Å². The maximum atomic E-state index is 10.6. The molecule has 0 saturated heterocycles. The van der Waals surface area contributed by atoms with Crippen LogP contribution < -0.4 is 0 Å². The SMILES string of the molecule is Cn1nccc1Cn1c(CO)nnc1SCC(=O)O. The Hall–Kier alpha value is -1.87. The first-order chi connectivity index (χ1) is 9.11. The molecule has 0 atom stereocenters. The summed E-state index contributed by atoms with van der Waals surface area (Å²) in [4.78, 5) is 10.6. The summed E-state index contributed by atoms with van der Waals surface area (Å²) in [6.45, 7) is 0.180. The van der Waals surface area contributed by atoms with Crippen molar-refractivity contribution in [3.8, 4) is 0 Å². The maximum Gasteiger partial charge on any atom is 0.313 e. The number of aliphatic hydroxyl groups is 1. The number of rotatable bonds is 6. The number of aliphatic hydroxyl groups excluding tert-OH is 1. The van der Waals surface area contributed by atoms with Gasteiger partial charge in [-0.3, -0.25) is 14.0 Å². The molecule has 102 valence electrons. The summed E-state index contributed by atoms with van der Waals surface area (Å²) < 4.78 is 3.39. The average molecular weight is 283 g/mol. The lowest BCUT2D eigenvalue weighted by Crippen LogP contribution is -2.11. The average Bonchev–Trinajstić information content (AvgIpc) is 2.95. The second kappa shape index (κ2) is 5.85. The predicted molar refractivity (Wildman–Crippen MR) is 66.6 cm³/mol. The molecule has 0 fully saturated rings. The zero-order chi connectivity index (χ0) is 13.8. The van der Waals surface area contributed by atoms with Gasteiger partial charge in [0.25, 0.3) is 0 Å². The molecule has 0 unspecified atom stereocenters. The molecule has 0 radical (unpaired) electrons.